The van der Waals surface area contributed by atoms with E-state index in [9.17, 15) is 4.79 Å². The van der Waals surface area contributed by atoms with Gasteiger partial charge in [-0.25, -0.2) is 0 Å². The molecule has 0 aromatic heterocycles. The molecule has 0 bridgehead atoms. The van der Waals surface area contributed by atoms with Gasteiger partial charge in [-0.1, -0.05) is 26.2 Å². The first kappa shape index (κ1) is 13.4. The molecule has 2 nitrogen and oxygen atoms in total. The maximum Gasteiger partial charge on any atom is 0.306 e. The summed E-state index contributed by atoms with van der Waals surface area (Å²) < 4.78 is 0. The van der Waals surface area contributed by atoms with E-state index in [0.29, 0.717) is 5.92 Å². The second-order valence-electron chi connectivity index (χ2n) is 3.75. The number of hydrogen-bond acceptors (Lipinski definition) is 1. The monoisotopic (exact) mass is 284 g/mol. The zero-order chi connectivity index (χ0) is 8.97. The van der Waals surface area contributed by atoms with E-state index in [0.717, 1.165) is 19.3 Å². The number of rotatable bonds is 3. The standard InChI is InChI=1S/C10H18O2.Cd/c1-2-9(10(11)12)8-6-4-3-5-7-8;/h8-9H,2-7H2,1H3,(H,11,12);. The molecule has 0 aromatic rings. The minimum Gasteiger partial charge on any atom is -0.481 e. The van der Waals surface area contributed by atoms with Gasteiger partial charge in [0.2, 0.25) is 0 Å². The van der Waals surface area contributed by atoms with Gasteiger partial charge >= 0.3 is 5.97 Å². The van der Waals surface area contributed by atoms with Crippen molar-refractivity contribution in [1.82, 2.24) is 0 Å². The minimum atomic E-state index is -0.593. The van der Waals surface area contributed by atoms with Crippen molar-refractivity contribution < 1.29 is 37.2 Å². The Morgan fingerprint density at radius 3 is 2.31 bits per heavy atom. The molecule has 1 aliphatic carbocycles. The Morgan fingerprint density at radius 2 is 1.92 bits per heavy atom. The van der Waals surface area contributed by atoms with E-state index in [-0.39, 0.29) is 33.2 Å². The Labute approximate surface area is 100 Å². The second kappa shape index (κ2) is 6.79. The molecule has 1 fully saturated rings. The van der Waals surface area contributed by atoms with Gasteiger partial charge in [0.25, 0.3) is 0 Å². The maximum absolute atomic E-state index is 10.8. The van der Waals surface area contributed by atoms with Gasteiger partial charge in [-0.05, 0) is 25.2 Å². The van der Waals surface area contributed by atoms with E-state index in [1.807, 2.05) is 6.92 Å². The van der Waals surface area contributed by atoms with Crippen LogP contribution in [0, 0.1) is 11.8 Å². The molecule has 72 valence electrons. The number of carboxylic acid groups (broad SMARTS) is 1. The summed E-state index contributed by atoms with van der Waals surface area (Å²) in [5, 5.41) is 8.93. The van der Waals surface area contributed by atoms with Crippen LogP contribution in [0.1, 0.15) is 45.4 Å². The summed E-state index contributed by atoms with van der Waals surface area (Å²) in [6.45, 7) is 1.98. The van der Waals surface area contributed by atoms with Crippen LogP contribution < -0.4 is 0 Å². The van der Waals surface area contributed by atoms with Gasteiger partial charge in [0.15, 0.2) is 0 Å². The van der Waals surface area contributed by atoms with Crippen molar-refractivity contribution in [2.45, 2.75) is 45.4 Å². The average Bonchev–Trinajstić information content (AvgIpc) is 2.07. The predicted molar refractivity (Wildman–Crippen MR) is 48.0 cm³/mol. The molecule has 0 aromatic carbocycles. The summed E-state index contributed by atoms with van der Waals surface area (Å²) in [6, 6.07) is 0. The number of carbonyl (C=O) groups is 1. The summed E-state index contributed by atoms with van der Waals surface area (Å²) in [4.78, 5) is 10.8. The fraction of sp³-hybridized carbons (Fsp3) is 0.900. The van der Waals surface area contributed by atoms with Crippen molar-refractivity contribution in [2.75, 3.05) is 0 Å². The minimum absolute atomic E-state index is 0. The van der Waals surface area contributed by atoms with Crippen molar-refractivity contribution in [3.05, 3.63) is 0 Å². The van der Waals surface area contributed by atoms with Gasteiger partial charge in [0.05, 0.1) is 5.92 Å². The van der Waals surface area contributed by atoms with E-state index in [1.165, 1.54) is 19.3 Å². The summed E-state index contributed by atoms with van der Waals surface area (Å²) >= 11 is 0. The van der Waals surface area contributed by atoms with Gasteiger partial charge in [-0.15, -0.1) is 0 Å². The second-order valence-corrected chi connectivity index (χ2v) is 3.75. The van der Waals surface area contributed by atoms with E-state index in [4.69, 9.17) is 5.11 Å². The fourth-order valence-electron chi connectivity index (χ4n) is 2.25. The number of aliphatic carboxylic acids is 1. The quantitative estimate of drug-likeness (QED) is 0.808. The molecule has 1 N–H and O–H groups in total. The Morgan fingerprint density at radius 1 is 1.38 bits per heavy atom. The van der Waals surface area contributed by atoms with Gasteiger partial charge in [-0.3, -0.25) is 4.79 Å². The van der Waals surface area contributed by atoms with Crippen LogP contribution >= 0.6 is 0 Å². The summed E-state index contributed by atoms with van der Waals surface area (Å²) in [5.74, 6) is -0.212. The van der Waals surface area contributed by atoms with Crippen LogP contribution in [0.5, 0.6) is 0 Å². The molecular weight excluding hydrogens is 265 g/mol. The van der Waals surface area contributed by atoms with Gasteiger partial charge in [0.1, 0.15) is 0 Å². The van der Waals surface area contributed by atoms with Gasteiger partial charge in [0, 0.05) is 27.3 Å². The SMILES string of the molecule is CCC(C(=O)O)C1CCCCC1.[Cd]. The van der Waals surface area contributed by atoms with E-state index < -0.39 is 5.97 Å². The van der Waals surface area contributed by atoms with Crippen LogP contribution in [0.15, 0.2) is 0 Å². The molecule has 0 saturated heterocycles. The smallest absolute Gasteiger partial charge is 0.306 e. The molecule has 1 unspecified atom stereocenters. The Bertz CT molecular complexity index is 153. The summed E-state index contributed by atoms with van der Waals surface area (Å²) in [7, 11) is 0. The van der Waals surface area contributed by atoms with E-state index in [1.54, 1.807) is 0 Å². The van der Waals surface area contributed by atoms with Crippen LogP contribution in [0.2, 0.25) is 0 Å². The van der Waals surface area contributed by atoms with Crippen molar-refractivity contribution >= 4 is 5.97 Å². The predicted octanol–water partition coefficient (Wildman–Crippen LogP) is 2.68. The number of hydrogen-bond donors (Lipinski definition) is 1. The number of carboxylic acids is 1. The molecule has 3 heteroatoms. The van der Waals surface area contributed by atoms with Crippen LogP contribution in [0.25, 0.3) is 0 Å². The first-order chi connectivity index (χ1) is 5.75. The summed E-state index contributed by atoms with van der Waals surface area (Å²) in [5.41, 5.74) is 0. The Balaban J connectivity index is 0.00000144. The molecule has 0 spiro atoms. The van der Waals surface area contributed by atoms with Crippen molar-refractivity contribution in [3.63, 3.8) is 0 Å². The van der Waals surface area contributed by atoms with Gasteiger partial charge < -0.3 is 5.11 Å². The van der Waals surface area contributed by atoms with E-state index in [2.05, 4.69) is 0 Å². The molecular formula is C10H18CdO2. The third-order valence-corrected chi connectivity index (χ3v) is 2.98. The molecule has 1 saturated carbocycles. The van der Waals surface area contributed by atoms with Crippen LogP contribution in [-0.4, -0.2) is 11.1 Å². The van der Waals surface area contributed by atoms with Crippen LogP contribution in [0.4, 0.5) is 0 Å². The topological polar surface area (TPSA) is 37.3 Å². The molecule has 1 atom stereocenters. The third-order valence-electron chi connectivity index (χ3n) is 2.98. The molecule has 0 radical (unpaired) electrons. The average molecular weight is 283 g/mol. The maximum atomic E-state index is 10.8. The zero-order valence-electron chi connectivity index (χ0n) is 8.46. The summed E-state index contributed by atoms with van der Waals surface area (Å²) in [6.07, 6.45) is 6.81. The molecule has 0 aliphatic heterocycles. The largest absolute Gasteiger partial charge is 0.481 e. The fourth-order valence-corrected chi connectivity index (χ4v) is 2.25. The third kappa shape index (κ3) is 3.96. The van der Waals surface area contributed by atoms with Crippen molar-refractivity contribution in [3.8, 4) is 0 Å². The zero-order valence-corrected chi connectivity index (χ0v) is 12.5. The first-order valence-corrected chi connectivity index (χ1v) is 4.98. The van der Waals surface area contributed by atoms with Gasteiger partial charge in [-0.2, -0.15) is 0 Å². The van der Waals surface area contributed by atoms with E-state index >= 15 is 0 Å². The van der Waals surface area contributed by atoms with Crippen LogP contribution in [-0.2, 0) is 32.1 Å². The molecule has 1 rings (SSSR count). The Hall–Kier alpha value is 0.392. The molecule has 1 aliphatic rings. The van der Waals surface area contributed by atoms with Crippen molar-refractivity contribution in [2.24, 2.45) is 11.8 Å². The normalized spacial score (nSPS) is 20.4. The molecule has 13 heavy (non-hydrogen) atoms. The Kier molecular flexibility index (Phi) is 6.99. The van der Waals surface area contributed by atoms with Crippen LogP contribution in [0.3, 0.4) is 0 Å². The van der Waals surface area contributed by atoms with Crippen molar-refractivity contribution in [1.29, 1.82) is 0 Å². The molecule has 0 heterocycles. The first-order valence-electron chi connectivity index (χ1n) is 4.98. The molecule has 0 amide bonds.